The van der Waals surface area contributed by atoms with Crippen LogP contribution in [0.3, 0.4) is 0 Å². The normalized spacial score (nSPS) is 11.5. The van der Waals surface area contributed by atoms with E-state index in [1.165, 1.54) is 6.92 Å². The largest absolute Gasteiger partial charge is 0.341 e. The van der Waals surface area contributed by atoms with Crippen LogP contribution in [-0.2, 0) is 9.84 Å². The molecule has 6 nitrogen and oxygen atoms in total. The van der Waals surface area contributed by atoms with Crippen LogP contribution in [0.2, 0.25) is 0 Å². The van der Waals surface area contributed by atoms with Crippen molar-refractivity contribution in [2.75, 3.05) is 11.1 Å². The number of benzene rings is 2. The molecule has 0 aliphatic heterocycles. The molecule has 0 radical (unpaired) electrons. The van der Waals surface area contributed by atoms with E-state index >= 15 is 0 Å². The van der Waals surface area contributed by atoms with Gasteiger partial charge in [0.25, 0.3) is 0 Å². The van der Waals surface area contributed by atoms with Crippen molar-refractivity contribution in [3.63, 3.8) is 0 Å². The van der Waals surface area contributed by atoms with Gasteiger partial charge in [-0.1, -0.05) is 48.6 Å². The molecule has 1 heterocycles. The van der Waals surface area contributed by atoms with Crippen LogP contribution in [0, 0.1) is 10.1 Å². The molecular formula is C16H14N2O4S2. The molecule has 0 aliphatic carbocycles. The molecule has 0 atom stereocenters. The molecule has 0 aliphatic rings. The number of hydrogen-bond acceptors (Lipinski definition) is 6. The first-order chi connectivity index (χ1) is 11.4. The van der Waals surface area contributed by atoms with Crippen molar-refractivity contribution in [1.29, 1.82) is 0 Å². The number of thiophene rings is 1. The maximum atomic E-state index is 12.0. The monoisotopic (exact) mass is 362 g/mol. The molecule has 3 rings (SSSR count). The number of sulfone groups is 1. The first-order valence-electron chi connectivity index (χ1n) is 7.17. The number of nitro groups is 1. The summed E-state index contributed by atoms with van der Waals surface area (Å²) in [6, 6.07) is 14.4. The van der Waals surface area contributed by atoms with Crippen LogP contribution in [0.15, 0.2) is 52.7 Å². The van der Waals surface area contributed by atoms with Crippen LogP contribution < -0.4 is 5.32 Å². The van der Waals surface area contributed by atoms with E-state index in [1.807, 2.05) is 36.4 Å². The minimum Gasteiger partial charge on any atom is -0.341 e. The van der Waals surface area contributed by atoms with E-state index in [-0.39, 0.29) is 20.7 Å². The number of fused-ring (bicyclic) bond motifs is 1. The van der Waals surface area contributed by atoms with Crippen LogP contribution in [0.1, 0.15) is 6.92 Å². The molecule has 24 heavy (non-hydrogen) atoms. The predicted octanol–water partition coefficient (Wildman–Crippen LogP) is 4.35. The van der Waals surface area contributed by atoms with Gasteiger partial charge < -0.3 is 5.32 Å². The van der Waals surface area contributed by atoms with Crippen molar-refractivity contribution in [3.8, 4) is 0 Å². The van der Waals surface area contributed by atoms with Gasteiger partial charge in [0.1, 0.15) is 4.21 Å². The Morgan fingerprint density at radius 2 is 1.83 bits per heavy atom. The third-order valence-corrected chi connectivity index (χ3v) is 6.92. The lowest BCUT2D eigenvalue weighted by Gasteiger charge is -2.05. The number of rotatable bonds is 5. The van der Waals surface area contributed by atoms with Gasteiger partial charge in [-0.2, -0.15) is 0 Å². The Labute approximate surface area is 142 Å². The summed E-state index contributed by atoms with van der Waals surface area (Å²) in [5.74, 6) is -0.0971. The van der Waals surface area contributed by atoms with Gasteiger partial charge in [-0.3, -0.25) is 10.1 Å². The van der Waals surface area contributed by atoms with Gasteiger partial charge in [0.2, 0.25) is 0 Å². The Morgan fingerprint density at radius 1 is 1.12 bits per heavy atom. The average molecular weight is 362 g/mol. The highest BCUT2D eigenvalue weighted by molar-refractivity contribution is 7.93. The smallest absolute Gasteiger partial charge is 0.305 e. The van der Waals surface area contributed by atoms with Gasteiger partial charge in [0, 0.05) is 11.8 Å². The molecule has 1 N–H and O–H groups in total. The summed E-state index contributed by atoms with van der Waals surface area (Å²) in [5, 5.41) is 16.5. The molecule has 0 saturated heterocycles. The minimum absolute atomic E-state index is 0.0000100. The lowest BCUT2D eigenvalue weighted by molar-refractivity contribution is -0.383. The topological polar surface area (TPSA) is 89.3 Å². The van der Waals surface area contributed by atoms with E-state index in [0.717, 1.165) is 28.2 Å². The molecule has 0 spiro atoms. The molecule has 124 valence electrons. The second kappa shape index (κ2) is 6.21. The molecule has 1 aromatic heterocycles. The molecule has 0 fully saturated rings. The summed E-state index contributed by atoms with van der Waals surface area (Å²) >= 11 is 0.879. The number of nitrogens with zero attached hydrogens (tertiary/aromatic N) is 1. The second-order valence-corrected chi connectivity index (χ2v) is 8.68. The third-order valence-electron chi connectivity index (χ3n) is 3.58. The first kappa shape index (κ1) is 16.4. The zero-order chi connectivity index (χ0) is 17.3. The van der Waals surface area contributed by atoms with Gasteiger partial charge in [0.05, 0.1) is 10.7 Å². The molecule has 2 aromatic carbocycles. The first-order valence-corrected chi connectivity index (χ1v) is 9.64. The maximum absolute atomic E-state index is 12.0. The van der Waals surface area contributed by atoms with Crippen LogP contribution in [-0.4, -0.2) is 19.1 Å². The summed E-state index contributed by atoms with van der Waals surface area (Å²) in [7, 11) is -3.49. The fourth-order valence-corrected chi connectivity index (χ4v) is 4.74. The molecule has 3 aromatic rings. The minimum atomic E-state index is -3.49. The third kappa shape index (κ3) is 3.10. The molecular weight excluding hydrogens is 348 g/mol. The van der Waals surface area contributed by atoms with E-state index in [9.17, 15) is 18.5 Å². The standard InChI is InChI=1S/C16H14N2O4S2/c1-2-24(21,22)15-10-14(18(19)20)16(23-15)17-13-8-7-11-5-3-4-6-12(11)9-13/h3-10,17H,2H2,1H3. The lowest BCUT2D eigenvalue weighted by atomic mass is 10.1. The van der Waals surface area contributed by atoms with E-state index in [2.05, 4.69) is 5.32 Å². The molecule has 0 saturated carbocycles. The Morgan fingerprint density at radius 3 is 2.50 bits per heavy atom. The van der Waals surface area contributed by atoms with E-state index in [4.69, 9.17) is 0 Å². The van der Waals surface area contributed by atoms with Gasteiger partial charge in [-0.15, -0.1) is 0 Å². The highest BCUT2D eigenvalue weighted by atomic mass is 32.2. The SMILES string of the molecule is CCS(=O)(=O)c1cc([N+](=O)[O-])c(Nc2ccc3ccccc3c2)s1. The summed E-state index contributed by atoms with van der Waals surface area (Å²) in [6.45, 7) is 1.51. The van der Waals surface area contributed by atoms with E-state index in [1.54, 1.807) is 6.07 Å². The number of hydrogen-bond donors (Lipinski definition) is 1. The van der Waals surface area contributed by atoms with Crippen molar-refractivity contribution in [2.24, 2.45) is 0 Å². The van der Waals surface area contributed by atoms with Crippen LogP contribution in [0.4, 0.5) is 16.4 Å². The fraction of sp³-hybridized carbons (Fsp3) is 0.125. The quantitative estimate of drug-likeness (QED) is 0.538. The summed E-state index contributed by atoms with van der Waals surface area (Å²) in [5.41, 5.74) is 0.430. The molecule has 0 bridgehead atoms. The summed E-state index contributed by atoms with van der Waals surface area (Å²) in [4.78, 5) is 10.7. The highest BCUT2D eigenvalue weighted by Crippen LogP contribution is 2.39. The number of anilines is 2. The van der Waals surface area contributed by atoms with Crippen molar-refractivity contribution in [3.05, 3.63) is 58.6 Å². The number of nitrogens with one attached hydrogen (secondary N) is 1. The Balaban J connectivity index is 2.03. The van der Waals surface area contributed by atoms with Crippen LogP contribution >= 0.6 is 11.3 Å². The Hall–Kier alpha value is -2.45. The van der Waals surface area contributed by atoms with E-state index in [0.29, 0.717) is 5.69 Å². The van der Waals surface area contributed by atoms with Crippen LogP contribution in [0.5, 0.6) is 0 Å². The average Bonchev–Trinajstić information content (AvgIpc) is 2.99. The Bertz CT molecular complexity index is 1030. The highest BCUT2D eigenvalue weighted by Gasteiger charge is 2.25. The Kier molecular flexibility index (Phi) is 4.25. The van der Waals surface area contributed by atoms with Gasteiger partial charge in [0.15, 0.2) is 14.8 Å². The fourth-order valence-electron chi connectivity index (χ4n) is 2.28. The second-order valence-electron chi connectivity index (χ2n) is 5.13. The summed E-state index contributed by atoms with van der Waals surface area (Å²) < 4.78 is 24.0. The van der Waals surface area contributed by atoms with Crippen molar-refractivity contribution < 1.29 is 13.3 Å². The zero-order valence-corrected chi connectivity index (χ0v) is 14.4. The van der Waals surface area contributed by atoms with Gasteiger partial charge in [-0.05, 0) is 22.9 Å². The predicted molar refractivity (Wildman–Crippen MR) is 95.9 cm³/mol. The molecule has 0 unspecified atom stereocenters. The van der Waals surface area contributed by atoms with Gasteiger partial charge in [-0.25, -0.2) is 8.42 Å². The van der Waals surface area contributed by atoms with Crippen molar-refractivity contribution in [2.45, 2.75) is 11.1 Å². The maximum Gasteiger partial charge on any atom is 0.305 e. The zero-order valence-electron chi connectivity index (χ0n) is 12.7. The van der Waals surface area contributed by atoms with E-state index < -0.39 is 14.8 Å². The van der Waals surface area contributed by atoms with Gasteiger partial charge >= 0.3 is 5.69 Å². The molecule has 0 amide bonds. The summed E-state index contributed by atoms with van der Waals surface area (Å²) in [6.07, 6.45) is 0. The molecule has 8 heteroatoms. The van der Waals surface area contributed by atoms with Crippen molar-refractivity contribution in [1.82, 2.24) is 0 Å². The lowest BCUT2D eigenvalue weighted by Crippen LogP contribution is -2.00. The van der Waals surface area contributed by atoms with Crippen molar-refractivity contribution >= 4 is 48.3 Å². The van der Waals surface area contributed by atoms with Crippen LogP contribution in [0.25, 0.3) is 10.8 Å².